The van der Waals surface area contributed by atoms with E-state index in [1.807, 2.05) is 0 Å². The molecule has 1 fully saturated rings. The zero-order valence-corrected chi connectivity index (χ0v) is 10.9. The summed E-state index contributed by atoms with van der Waals surface area (Å²) in [5.74, 6) is 0.906. The lowest BCUT2D eigenvalue weighted by Gasteiger charge is -2.24. The van der Waals surface area contributed by atoms with E-state index < -0.39 is 0 Å². The molecule has 0 aromatic rings. The van der Waals surface area contributed by atoms with Gasteiger partial charge in [-0.1, -0.05) is 20.3 Å². The Labute approximate surface area is 99.4 Å². The van der Waals surface area contributed by atoms with Gasteiger partial charge in [0.25, 0.3) is 0 Å². The summed E-state index contributed by atoms with van der Waals surface area (Å²) in [6, 6.07) is 0.355. The van der Waals surface area contributed by atoms with Crippen LogP contribution in [0, 0.1) is 5.92 Å². The van der Waals surface area contributed by atoms with Gasteiger partial charge in [-0.05, 0) is 45.1 Å². The maximum atomic E-state index is 11.9. The van der Waals surface area contributed by atoms with Crippen LogP contribution in [0.4, 0.5) is 0 Å². The maximum Gasteiger partial charge on any atom is 0.237 e. The SMILES string of the molecule is CC(C)CCC(C)NC(=O)[C@@H]1CCCCN1. The first kappa shape index (κ1) is 13.5. The van der Waals surface area contributed by atoms with Crippen molar-refractivity contribution >= 4 is 5.91 Å². The third kappa shape index (κ3) is 4.97. The van der Waals surface area contributed by atoms with E-state index in [-0.39, 0.29) is 11.9 Å². The summed E-state index contributed by atoms with van der Waals surface area (Å²) in [4.78, 5) is 11.9. The summed E-state index contributed by atoms with van der Waals surface area (Å²) in [6.45, 7) is 7.52. The maximum absolute atomic E-state index is 11.9. The summed E-state index contributed by atoms with van der Waals surface area (Å²) in [5.41, 5.74) is 0. The number of amides is 1. The molecule has 2 N–H and O–H groups in total. The second-order valence-corrected chi connectivity index (χ2v) is 5.38. The van der Waals surface area contributed by atoms with E-state index in [1.165, 1.54) is 19.3 Å². The van der Waals surface area contributed by atoms with Gasteiger partial charge in [0.2, 0.25) is 5.91 Å². The van der Waals surface area contributed by atoms with E-state index >= 15 is 0 Å². The number of nitrogens with one attached hydrogen (secondary N) is 2. The summed E-state index contributed by atoms with van der Waals surface area (Å²) >= 11 is 0. The van der Waals surface area contributed by atoms with E-state index in [1.54, 1.807) is 0 Å². The molecule has 1 aliphatic heterocycles. The monoisotopic (exact) mass is 226 g/mol. The van der Waals surface area contributed by atoms with E-state index in [0.29, 0.717) is 12.0 Å². The molecule has 3 nitrogen and oxygen atoms in total. The van der Waals surface area contributed by atoms with Gasteiger partial charge in [-0.15, -0.1) is 0 Å². The van der Waals surface area contributed by atoms with Crippen LogP contribution in [0.25, 0.3) is 0 Å². The van der Waals surface area contributed by atoms with Crippen LogP contribution in [-0.2, 0) is 4.79 Å². The van der Waals surface area contributed by atoms with Gasteiger partial charge >= 0.3 is 0 Å². The summed E-state index contributed by atoms with van der Waals surface area (Å²) in [6.07, 6.45) is 5.62. The fraction of sp³-hybridized carbons (Fsp3) is 0.923. The molecule has 1 unspecified atom stereocenters. The molecule has 0 aromatic carbocycles. The highest BCUT2D eigenvalue weighted by atomic mass is 16.2. The third-order valence-corrected chi connectivity index (χ3v) is 3.19. The minimum Gasteiger partial charge on any atom is -0.352 e. The average Bonchev–Trinajstić information content (AvgIpc) is 2.27. The van der Waals surface area contributed by atoms with Crippen molar-refractivity contribution in [2.75, 3.05) is 6.54 Å². The predicted molar refractivity (Wildman–Crippen MR) is 67.3 cm³/mol. The molecule has 1 saturated heterocycles. The van der Waals surface area contributed by atoms with Gasteiger partial charge in [0.1, 0.15) is 0 Å². The van der Waals surface area contributed by atoms with Crippen molar-refractivity contribution in [1.82, 2.24) is 10.6 Å². The molecule has 0 saturated carbocycles. The highest BCUT2D eigenvalue weighted by Crippen LogP contribution is 2.09. The number of carbonyl (C=O) groups is 1. The van der Waals surface area contributed by atoms with Crippen molar-refractivity contribution < 1.29 is 4.79 Å². The normalized spacial score (nSPS) is 23.1. The summed E-state index contributed by atoms with van der Waals surface area (Å²) in [7, 11) is 0. The molecule has 0 aromatic heterocycles. The molecule has 0 bridgehead atoms. The number of hydrogen-bond acceptors (Lipinski definition) is 2. The lowest BCUT2D eigenvalue weighted by molar-refractivity contribution is -0.124. The molecule has 3 heteroatoms. The van der Waals surface area contributed by atoms with Crippen molar-refractivity contribution in [3.05, 3.63) is 0 Å². The van der Waals surface area contributed by atoms with Crippen LogP contribution in [0.2, 0.25) is 0 Å². The largest absolute Gasteiger partial charge is 0.352 e. The van der Waals surface area contributed by atoms with E-state index in [0.717, 1.165) is 19.4 Å². The number of hydrogen-bond donors (Lipinski definition) is 2. The van der Waals surface area contributed by atoms with Gasteiger partial charge in [-0.2, -0.15) is 0 Å². The quantitative estimate of drug-likeness (QED) is 0.753. The van der Waals surface area contributed by atoms with Crippen LogP contribution in [0.3, 0.4) is 0 Å². The number of rotatable bonds is 5. The van der Waals surface area contributed by atoms with Crippen molar-refractivity contribution in [2.24, 2.45) is 5.92 Å². The first-order valence-corrected chi connectivity index (χ1v) is 6.63. The van der Waals surface area contributed by atoms with Gasteiger partial charge in [0, 0.05) is 6.04 Å². The lowest BCUT2D eigenvalue weighted by Crippen LogP contribution is -2.49. The fourth-order valence-electron chi connectivity index (χ4n) is 2.07. The summed E-state index contributed by atoms with van der Waals surface area (Å²) < 4.78 is 0. The molecule has 16 heavy (non-hydrogen) atoms. The van der Waals surface area contributed by atoms with Gasteiger partial charge in [-0.3, -0.25) is 4.79 Å². The smallest absolute Gasteiger partial charge is 0.237 e. The molecule has 94 valence electrons. The van der Waals surface area contributed by atoms with E-state index in [9.17, 15) is 4.79 Å². The number of piperidine rings is 1. The molecule has 0 spiro atoms. The molecule has 1 rings (SSSR count). The van der Waals surface area contributed by atoms with Gasteiger partial charge in [0.05, 0.1) is 6.04 Å². The molecular formula is C13H26N2O. The third-order valence-electron chi connectivity index (χ3n) is 3.19. The van der Waals surface area contributed by atoms with Gasteiger partial charge in [0.15, 0.2) is 0 Å². The highest BCUT2D eigenvalue weighted by Gasteiger charge is 2.21. The molecule has 0 aliphatic carbocycles. The Morgan fingerprint density at radius 1 is 1.31 bits per heavy atom. The van der Waals surface area contributed by atoms with Crippen LogP contribution in [0.1, 0.15) is 52.9 Å². The molecule has 0 radical (unpaired) electrons. The Morgan fingerprint density at radius 2 is 2.06 bits per heavy atom. The fourth-order valence-corrected chi connectivity index (χ4v) is 2.07. The average molecular weight is 226 g/mol. The Hall–Kier alpha value is -0.570. The molecule has 1 heterocycles. The van der Waals surface area contributed by atoms with Crippen LogP contribution in [0.15, 0.2) is 0 Å². The van der Waals surface area contributed by atoms with Crippen LogP contribution >= 0.6 is 0 Å². The van der Waals surface area contributed by atoms with E-state index in [4.69, 9.17) is 0 Å². The Morgan fingerprint density at radius 3 is 2.62 bits per heavy atom. The van der Waals surface area contributed by atoms with E-state index in [2.05, 4.69) is 31.4 Å². The predicted octanol–water partition coefficient (Wildman–Crippen LogP) is 2.07. The van der Waals surface area contributed by atoms with Gasteiger partial charge < -0.3 is 10.6 Å². The van der Waals surface area contributed by atoms with Crippen molar-refractivity contribution in [2.45, 2.75) is 65.0 Å². The Kier molecular flexibility index (Phi) is 5.81. The standard InChI is InChI=1S/C13H26N2O/c1-10(2)7-8-11(3)15-13(16)12-6-4-5-9-14-12/h10-12,14H,4-9H2,1-3H3,(H,15,16)/t11?,12-/m0/s1. The van der Waals surface area contributed by atoms with Crippen LogP contribution in [0.5, 0.6) is 0 Å². The summed E-state index contributed by atoms with van der Waals surface area (Å²) in [5, 5.41) is 6.38. The van der Waals surface area contributed by atoms with Crippen molar-refractivity contribution in [3.63, 3.8) is 0 Å². The highest BCUT2D eigenvalue weighted by molar-refractivity contribution is 5.82. The zero-order chi connectivity index (χ0) is 12.0. The lowest BCUT2D eigenvalue weighted by atomic mass is 10.0. The topological polar surface area (TPSA) is 41.1 Å². The minimum absolute atomic E-state index is 0.0512. The molecular weight excluding hydrogens is 200 g/mol. The zero-order valence-electron chi connectivity index (χ0n) is 10.9. The molecule has 1 aliphatic rings. The first-order valence-electron chi connectivity index (χ1n) is 6.63. The van der Waals surface area contributed by atoms with Crippen molar-refractivity contribution in [1.29, 1.82) is 0 Å². The Balaban J connectivity index is 2.21. The minimum atomic E-state index is 0.0512. The first-order chi connectivity index (χ1) is 7.59. The van der Waals surface area contributed by atoms with Crippen LogP contribution in [-0.4, -0.2) is 24.5 Å². The second-order valence-electron chi connectivity index (χ2n) is 5.38. The Bertz CT molecular complexity index is 210. The van der Waals surface area contributed by atoms with Crippen LogP contribution < -0.4 is 10.6 Å². The second kappa shape index (κ2) is 6.89. The molecule has 2 atom stereocenters. The molecule has 1 amide bonds. The van der Waals surface area contributed by atoms with Gasteiger partial charge in [-0.25, -0.2) is 0 Å². The van der Waals surface area contributed by atoms with Crippen molar-refractivity contribution in [3.8, 4) is 0 Å². The number of carbonyl (C=O) groups excluding carboxylic acids is 1.